The zero-order valence-electron chi connectivity index (χ0n) is 16.1. The first-order valence-corrected chi connectivity index (χ1v) is 10.5. The van der Waals surface area contributed by atoms with Crippen LogP contribution in [0.4, 0.5) is 11.4 Å². The van der Waals surface area contributed by atoms with Crippen LogP contribution in [-0.4, -0.2) is 62.3 Å². The van der Waals surface area contributed by atoms with Gasteiger partial charge in [0, 0.05) is 33.4 Å². The smallest absolute Gasteiger partial charge is 0.326 e. The van der Waals surface area contributed by atoms with E-state index in [9.17, 15) is 13.2 Å². The molecule has 2 aliphatic heterocycles. The Labute approximate surface area is 164 Å². The first-order valence-electron chi connectivity index (χ1n) is 9.09. The monoisotopic (exact) mass is 405 g/mol. The lowest BCUT2D eigenvalue weighted by Crippen LogP contribution is -2.49. The summed E-state index contributed by atoms with van der Waals surface area (Å²) in [4.78, 5) is 14.6. The molecule has 0 radical (unpaired) electrons. The van der Waals surface area contributed by atoms with Gasteiger partial charge in [0.2, 0.25) is 5.88 Å². The number of nitrogens with zero attached hydrogens (tertiary/aromatic N) is 5. The summed E-state index contributed by atoms with van der Waals surface area (Å²) in [5, 5.41) is 4.13. The van der Waals surface area contributed by atoms with E-state index in [-0.39, 0.29) is 11.9 Å². The minimum atomic E-state index is -3.59. The van der Waals surface area contributed by atoms with Crippen molar-refractivity contribution in [2.24, 2.45) is 7.05 Å². The molecule has 1 amide bonds. The van der Waals surface area contributed by atoms with E-state index >= 15 is 0 Å². The Morgan fingerprint density at radius 1 is 1.14 bits per heavy atom. The minimum Gasteiger partial charge on any atom is -0.479 e. The maximum absolute atomic E-state index is 12.9. The van der Waals surface area contributed by atoms with Crippen molar-refractivity contribution in [1.29, 1.82) is 0 Å². The second kappa shape index (κ2) is 6.69. The van der Waals surface area contributed by atoms with Crippen molar-refractivity contribution < 1.29 is 17.9 Å². The van der Waals surface area contributed by atoms with Crippen molar-refractivity contribution in [3.8, 4) is 5.88 Å². The van der Waals surface area contributed by atoms with Crippen LogP contribution in [0.25, 0.3) is 0 Å². The average Bonchev–Trinajstić information content (AvgIpc) is 3.17. The molecule has 1 fully saturated rings. The predicted octanol–water partition coefficient (Wildman–Crippen LogP) is 1.23. The van der Waals surface area contributed by atoms with Crippen LogP contribution < -0.4 is 13.3 Å². The quantitative estimate of drug-likeness (QED) is 0.767. The van der Waals surface area contributed by atoms with Gasteiger partial charge in [-0.2, -0.15) is 8.42 Å². The second-order valence-corrected chi connectivity index (χ2v) is 8.85. The molecule has 2 aromatic rings. The number of piperidine rings is 1. The number of rotatable bonds is 3. The zero-order valence-corrected chi connectivity index (χ0v) is 16.9. The van der Waals surface area contributed by atoms with Crippen LogP contribution in [-0.2, 0) is 17.3 Å². The largest absolute Gasteiger partial charge is 0.479 e. The van der Waals surface area contributed by atoms with E-state index in [0.717, 1.165) is 0 Å². The van der Waals surface area contributed by atoms with Gasteiger partial charge in [0.05, 0.1) is 24.5 Å². The molecule has 1 saturated heterocycles. The first kappa shape index (κ1) is 18.6. The Bertz CT molecular complexity index is 1010. The van der Waals surface area contributed by atoms with E-state index in [1.807, 2.05) is 18.2 Å². The summed E-state index contributed by atoms with van der Waals surface area (Å²) in [6.07, 6.45) is 2.77. The average molecular weight is 405 g/mol. The molecule has 4 rings (SSSR count). The van der Waals surface area contributed by atoms with E-state index in [4.69, 9.17) is 4.74 Å². The minimum absolute atomic E-state index is 0.148. The number of methoxy groups -OCH3 is 1. The van der Waals surface area contributed by atoms with Crippen molar-refractivity contribution >= 4 is 27.5 Å². The first-order chi connectivity index (χ1) is 13.3. The summed E-state index contributed by atoms with van der Waals surface area (Å²) in [5.41, 5.74) is 1.80. The van der Waals surface area contributed by atoms with E-state index < -0.39 is 10.2 Å². The van der Waals surface area contributed by atoms with Gasteiger partial charge in [0.25, 0.3) is 5.91 Å². The van der Waals surface area contributed by atoms with Crippen molar-refractivity contribution in [1.82, 2.24) is 14.7 Å². The van der Waals surface area contributed by atoms with Crippen molar-refractivity contribution in [2.45, 2.75) is 18.9 Å². The molecule has 9 nitrogen and oxygen atoms in total. The second-order valence-electron chi connectivity index (χ2n) is 7.01. The highest BCUT2D eigenvalue weighted by molar-refractivity contribution is 7.94. The molecule has 0 aliphatic carbocycles. The number of anilines is 2. The van der Waals surface area contributed by atoms with E-state index in [0.29, 0.717) is 48.7 Å². The highest BCUT2D eigenvalue weighted by Crippen LogP contribution is 2.42. The summed E-state index contributed by atoms with van der Waals surface area (Å²) in [6, 6.07) is 7.12. The Balaban J connectivity index is 1.52. The van der Waals surface area contributed by atoms with Crippen LogP contribution in [0.1, 0.15) is 23.2 Å². The van der Waals surface area contributed by atoms with Crippen molar-refractivity contribution in [3.05, 3.63) is 36.0 Å². The van der Waals surface area contributed by atoms with Gasteiger partial charge < -0.3 is 9.64 Å². The molecule has 1 aromatic heterocycles. The Kier molecular flexibility index (Phi) is 4.45. The number of ether oxygens (including phenoxy) is 1. The molecule has 28 heavy (non-hydrogen) atoms. The Hall–Kier alpha value is -2.75. The third kappa shape index (κ3) is 2.79. The predicted molar refractivity (Wildman–Crippen MR) is 105 cm³/mol. The molecular weight excluding hydrogens is 382 g/mol. The van der Waals surface area contributed by atoms with Crippen LogP contribution >= 0.6 is 0 Å². The third-order valence-electron chi connectivity index (χ3n) is 5.36. The van der Waals surface area contributed by atoms with Crippen molar-refractivity contribution in [3.63, 3.8) is 0 Å². The molecule has 0 bridgehead atoms. The van der Waals surface area contributed by atoms with Crippen molar-refractivity contribution in [2.75, 3.05) is 35.9 Å². The highest BCUT2D eigenvalue weighted by Gasteiger charge is 2.43. The fraction of sp³-hybridized carbons (Fsp3) is 0.444. The number of fused-ring (bicyclic) bond motifs is 1. The number of carbonyl (C=O) groups excluding carboxylic acids is 1. The molecular formula is C18H23N5O4S. The van der Waals surface area contributed by atoms with Gasteiger partial charge in [0.15, 0.2) is 0 Å². The number of aromatic nitrogens is 2. The van der Waals surface area contributed by atoms with Crippen LogP contribution in [0.5, 0.6) is 5.88 Å². The van der Waals surface area contributed by atoms with Crippen LogP contribution in [0, 0.1) is 0 Å². The zero-order chi connectivity index (χ0) is 20.1. The fourth-order valence-corrected chi connectivity index (χ4v) is 5.58. The molecule has 3 heterocycles. The standard InChI is InChI=1S/C18H23N5O4S/c1-20-12-14(17(19-20)27-3)18(24)22-10-8-13(9-11-22)23-16-7-5-4-6-15(16)21(2)28(23,25)26/h4-7,12-13H,8-11H2,1-3H3. The molecule has 0 spiro atoms. The summed E-state index contributed by atoms with van der Waals surface area (Å²) < 4.78 is 35.4. The Morgan fingerprint density at radius 3 is 2.43 bits per heavy atom. The summed E-state index contributed by atoms with van der Waals surface area (Å²) >= 11 is 0. The van der Waals surface area contributed by atoms with Gasteiger partial charge in [-0.3, -0.25) is 13.8 Å². The van der Waals surface area contributed by atoms with Crippen LogP contribution in [0.2, 0.25) is 0 Å². The lowest BCUT2D eigenvalue weighted by molar-refractivity contribution is 0.0712. The number of hydrogen-bond donors (Lipinski definition) is 0. The highest BCUT2D eigenvalue weighted by atomic mass is 32.2. The molecule has 2 aliphatic rings. The lowest BCUT2D eigenvalue weighted by Gasteiger charge is -2.36. The van der Waals surface area contributed by atoms with Crippen LogP contribution in [0.15, 0.2) is 30.5 Å². The maximum Gasteiger partial charge on any atom is 0.326 e. The number of hydrogen-bond acceptors (Lipinski definition) is 5. The van der Waals surface area contributed by atoms with Gasteiger partial charge in [-0.1, -0.05) is 12.1 Å². The SMILES string of the molecule is COc1nn(C)cc1C(=O)N1CCC(N2c3ccccc3N(C)S2(=O)=O)CC1. The molecule has 0 saturated carbocycles. The van der Waals surface area contributed by atoms with Gasteiger partial charge in [-0.25, -0.2) is 4.31 Å². The van der Waals surface area contributed by atoms with Gasteiger partial charge >= 0.3 is 10.2 Å². The molecule has 1 aromatic carbocycles. The van der Waals surface area contributed by atoms with Crippen LogP contribution in [0.3, 0.4) is 0 Å². The maximum atomic E-state index is 12.9. The third-order valence-corrected chi connectivity index (χ3v) is 7.24. The number of benzene rings is 1. The Morgan fingerprint density at radius 2 is 1.79 bits per heavy atom. The van der Waals surface area contributed by atoms with E-state index in [1.54, 1.807) is 35.9 Å². The number of carbonyl (C=O) groups is 1. The number of para-hydroxylation sites is 2. The molecule has 150 valence electrons. The normalized spacial score (nSPS) is 19.0. The number of likely N-dealkylation sites (tertiary alicyclic amines) is 1. The summed E-state index contributed by atoms with van der Waals surface area (Å²) in [5.74, 6) is 0.150. The summed E-state index contributed by atoms with van der Waals surface area (Å²) in [7, 11) is 1.20. The van der Waals surface area contributed by atoms with Gasteiger partial charge in [0.1, 0.15) is 5.56 Å². The number of amides is 1. The van der Waals surface area contributed by atoms with Gasteiger partial charge in [-0.15, -0.1) is 5.10 Å². The van der Waals surface area contributed by atoms with Gasteiger partial charge in [-0.05, 0) is 25.0 Å². The van der Waals surface area contributed by atoms with E-state index in [2.05, 4.69) is 5.10 Å². The molecule has 10 heteroatoms. The number of aryl methyl sites for hydroxylation is 1. The summed E-state index contributed by atoms with van der Waals surface area (Å²) in [6.45, 7) is 0.943. The lowest BCUT2D eigenvalue weighted by atomic mass is 10.0. The molecule has 0 atom stereocenters. The van der Waals surface area contributed by atoms with E-state index in [1.165, 1.54) is 15.7 Å². The molecule has 0 N–H and O–H groups in total. The fourth-order valence-electron chi connectivity index (χ4n) is 3.92. The molecule has 0 unspecified atom stereocenters. The topological polar surface area (TPSA) is 88.0 Å².